The molecule has 1 aromatic heterocycles. The molecule has 0 atom stereocenters. The average molecular weight is 340 g/mol. The van der Waals surface area contributed by atoms with Gasteiger partial charge in [-0.05, 0) is 50.1 Å². The van der Waals surface area contributed by atoms with Gasteiger partial charge in [0.25, 0.3) is 5.91 Å². The smallest absolute Gasteiger partial charge is 0.251 e. The molecule has 1 fully saturated rings. The molecule has 1 saturated carbocycles. The van der Waals surface area contributed by atoms with Crippen molar-refractivity contribution >= 4 is 17.4 Å². The number of carbonyl (C=O) groups is 1. The summed E-state index contributed by atoms with van der Waals surface area (Å²) in [4.78, 5) is 12.4. The van der Waals surface area contributed by atoms with E-state index in [4.69, 9.17) is 0 Å². The molecule has 1 aliphatic rings. The van der Waals surface area contributed by atoms with Crippen molar-refractivity contribution in [1.82, 2.24) is 15.5 Å². The number of nitrogens with zero attached hydrogens (tertiary/aromatic N) is 2. The van der Waals surface area contributed by atoms with E-state index in [1.165, 1.54) is 0 Å². The van der Waals surface area contributed by atoms with Gasteiger partial charge >= 0.3 is 0 Å². The topological polar surface area (TPSA) is 87.1 Å². The van der Waals surface area contributed by atoms with E-state index in [0.717, 1.165) is 43.5 Å². The van der Waals surface area contributed by atoms with Crippen LogP contribution in [0, 0.1) is 6.92 Å². The van der Waals surface area contributed by atoms with Gasteiger partial charge < -0.3 is 15.7 Å². The first-order valence-electron chi connectivity index (χ1n) is 8.72. The second kappa shape index (κ2) is 7.61. The molecule has 25 heavy (non-hydrogen) atoms. The maximum absolute atomic E-state index is 12.4. The predicted octanol–water partition coefficient (Wildman–Crippen LogP) is 2.95. The number of aryl methyl sites for hydroxylation is 1. The zero-order valence-corrected chi connectivity index (χ0v) is 14.5. The summed E-state index contributed by atoms with van der Waals surface area (Å²) in [6.07, 6.45) is 4.69. The van der Waals surface area contributed by atoms with Gasteiger partial charge in [0, 0.05) is 17.8 Å². The number of carbonyl (C=O) groups excluding carboxylic acids is 1. The summed E-state index contributed by atoms with van der Waals surface area (Å²) in [5.74, 6) is 0.442. The number of nitrogens with one attached hydrogen (secondary N) is 2. The minimum Gasteiger partial charge on any atom is -0.388 e. The van der Waals surface area contributed by atoms with Gasteiger partial charge in [0.05, 0.1) is 11.3 Å². The fourth-order valence-electron chi connectivity index (χ4n) is 3.09. The van der Waals surface area contributed by atoms with Crippen LogP contribution in [0.4, 0.5) is 11.5 Å². The van der Waals surface area contributed by atoms with E-state index in [9.17, 15) is 9.90 Å². The van der Waals surface area contributed by atoms with Gasteiger partial charge in [-0.25, -0.2) is 0 Å². The molecule has 6 nitrogen and oxygen atoms in total. The summed E-state index contributed by atoms with van der Waals surface area (Å²) >= 11 is 0. The van der Waals surface area contributed by atoms with Crippen LogP contribution in [0.25, 0.3) is 0 Å². The summed E-state index contributed by atoms with van der Waals surface area (Å²) in [5, 5.41) is 24.6. The lowest BCUT2D eigenvalue weighted by Crippen LogP contribution is -2.44. The first-order valence-corrected chi connectivity index (χ1v) is 8.72. The summed E-state index contributed by atoms with van der Waals surface area (Å²) in [7, 11) is 0. The van der Waals surface area contributed by atoms with Crippen LogP contribution in [0.5, 0.6) is 0 Å². The third-order valence-electron chi connectivity index (χ3n) is 4.56. The quantitative estimate of drug-likeness (QED) is 0.779. The predicted molar refractivity (Wildman–Crippen MR) is 96.9 cm³/mol. The summed E-state index contributed by atoms with van der Waals surface area (Å²) < 4.78 is 0. The molecule has 1 amide bonds. The zero-order valence-electron chi connectivity index (χ0n) is 14.5. The van der Waals surface area contributed by atoms with Gasteiger partial charge in [0.1, 0.15) is 0 Å². The molecule has 3 rings (SSSR count). The molecule has 0 aliphatic heterocycles. The second-order valence-corrected chi connectivity index (χ2v) is 6.73. The van der Waals surface area contributed by atoms with E-state index in [-0.39, 0.29) is 5.91 Å². The van der Waals surface area contributed by atoms with Crippen LogP contribution in [-0.4, -0.2) is 33.4 Å². The molecule has 0 saturated heterocycles. The minimum absolute atomic E-state index is 0.183. The van der Waals surface area contributed by atoms with Crippen molar-refractivity contribution in [2.45, 2.75) is 44.6 Å². The van der Waals surface area contributed by atoms with Crippen LogP contribution < -0.4 is 10.6 Å². The highest BCUT2D eigenvalue weighted by atomic mass is 16.3. The molecule has 0 bridgehead atoms. The number of amides is 1. The SMILES string of the molecule is Cc1ccc(Nc2cccc(C(=O)NCC3(O)CCCCC3)c2)nn1. The van der Waals surface area contributed by atoms with Gasteiger partial charge in [0.15, 0.2) is 5.82 Å². The molecule has 0 unspecified atom stereocenters. The van der Waals surface area contributed by atoms with E-state index in [2.05, 4.69) is 20.8 Å². The monoisotopic (exact) mass is 340 g/mol. The lowest BCUT2D eigenvalue weighted by Gasteiger charge is -2.32. The molecule has 0 spiro atoms. The zero-order chi connectivity index (χ0) is 17.7. The van der Waals surface area contributed by atoms with Gasteiger partial charge in [0.2, 0.25) is 0 Å². The number of hydrogen-bond acceptors (Lipinski definition) is 5. The van der Waals surface area contributed by atoms with Crippen molar-refractivity contribution < 1.29 is 9.90 Å². The van der Waals surface area contributed by atoms with E-state index in [1.807, 2.05) is 31.2 Å². The molecule has 0 radical (unpaired) electrons. The van der Waals surface area contributed by atoms with E-state index in [1.54, 1.807) is 12.1 Å². The third-order valence-corrected chi connectivity index (χ3v) is 4.56. The molecule has 132 valence electrons. The molecule has 1 aromatic carbocycles. The Bertz CT molecular complexity index is 724. The highest BCUT2D eigenvalue weighted by Gasteiger charge is 2.29. The molecular formula is C19H24N4O2. The van der Waals surface area contributed by atoms with Gasteiger partial charge in [-0.15, -0.1) is 5.10 Å². The number of anilines is 2. The van der Waals surface area contributed by atoms with Crippen molar-refractivity contribution in [1.29, 1.82) is 0 Å². The maximum atomic E-state index is 12.4. The third kappa shape index (κ3) is 4.76. The fraction of sp³-hybridized carbons (Fsp3) is 0.421. The number of aromatic nitrogens is 2. The van der Waals surface area contributed by atoms with E-state index >= 15 is 0 Å². The summed E-state index contributed by atoms with van der Waals surface area (Å²) in [6.45, 7) is 2.18. The highest BCUT2D eigenvalue weighted by Crippen LogP contribution is 2.27. The number of rotatable bonds is 5. The lowest BCUT2D eigenvalue weighted by molar-refractivity contribution is 0.00526. The van der Waals surface area contributed by atoms with Crippen LogP contribution in [-0.2, 0) is 0 Å². The van der Waals surface area contributed by atoms with Crippen LogP contribution in [0.3, 0.4) is 0 Å². The molecular weight excluding hydrogens is 316 g/mol. The Balaban J connectivity index is 1.62. The molecule has 6 heteroatoms. The van der Waals surface area contributed by atoms with Gasteiger partial charge in [-0.1, -0.05) is 25.3 Å². The van der Waals surface area contributed by atoms with Crippen molar-refractivity contribution in [2.75, 3.05) is 11.9 Å². The fourth-order valence-corrected chi connectivity index (χ4v) is 3.09. The molecule has 2 aromatic rings. The van der Waals surface area contributed by atoms with Crippen molar-refractivity contribution in [3.05, 3.63) is 47.7 Å². The molecule has 1 aliphatic carbocycles. The first kappa shape index (κ1) is 17.4. The Morgan fingerprint density at radius 3 is 2.68 bits per heavy atom. The van der Waals surface area contributed by atoms with Crippen molar-refractivity contribution in [3.63, 3.8) is 0 Å². The lowest BCUT2D eigenvalue weighted by atomic mass is 9.85. The normalized spacial score (nSPS) is 16.2. The number of benzene rings is 1. The first-order chi connectivity index (χ1) is 12.0. The minimum atomic E-state index is -0.763. The largest absolute Gasteiger partial charge is 0.388 e. The van der Waals surface area contributed by atoms with Crippen LogP contribution in [0.2, 0.25) is 0 Å². The Labute approximate surface area is 147 Å². The Morgan fingerprint density at radius 1 is 1.16 bits per heavy atom. The van der Waals surface area contributed by atoms with Crippen LogP contribution in [0.1, 0.15) is 48.2 Å². The summed E-state index contributed by atoms with van der Waals surface area (Å²) in [6, 6.07) is 10.9. The molecule has 1 heterocycles. The number of aliphatic hydroxyl groups is 1. The van der Waals surface area contributed by atoms with Crippen molar-refractivity contribution in [3.8, 4) is 0 Å². The second-order valence-electron chi connectivity index (χ2n) is 6.73. The van der Waals surface area contributed by atoms with E-state index < -0.39 is 5.60 Å². The van der Waals surface area contributed by atoms with E-state index in [0.29, 0.717) is 17.9 Å². The number of hydrogen-bond donors (Lipinski definition) is 3. The highest BCUT2D eigenvalue weighted by molar-refractivity contribution is 5.95. The van der Waals surface area contributed by atoms with Gasteiger partial charge in [-0.2, -0.15) is 5.10 Å². The van der Waals surface area contributed by atoms with Crippen LogP contribution in [0.15, 0.2) is 36.4 Å². The standard InChI is InChI=1S/C19H24N4O2/c1-14-8-9-17(23-22-14)21-16-7-5-6-15(12-16)18(24)20-13-19(25)10-3-2-4-11-19/h5-9,12,25H,2-4,10-11,13H2,1H3,(H,20,24)(H,21,23). The Kier molecular flexibility index (Phi) is 5.28. The summed E-state index contributed by atoms with van der Waals surface area (Å²) in [5.41, 5.74) is 1.40. The van der Waals surface area contributed by atoms with Gasteiger partial charge in [-0.3, -0.25) is 4.79 Å². The van der Waals surface area contributed by atoms with Crippen molar-refractivity contribution in [2.24, 2.45) is 0 Å². The molecule has 3 N–H and O–H groups in total. The average Bonchev–Trinajstić information content (AvgIpc) is 2.63. The Morgan fingerprint density at radius 2 is 1.96 bits per heavy atom. The van der Waals surface area contributed by atoms with Crippen LogP contribution >= 0.6 is 0 Å². The maximum Gasteiger partial charge on any atom is 0.251 e. The Hall–Kier alpha value is -2.47.